The highest BCUT2D eigenvalue weighted by Gasteiger charge is 2.40. The Labute approximate surface area is 204 Å². The van der Waals surface area contributed by atoms with Crippen molar-refractivity contribution in [2.75, 3.05) is 26.7 Å². The van der Waals surface area contributed by atoms with Crippen LogP contribution in [0.25, 0.3) is 17.0 Å². The van der Waals surface area contributed by atoms with Gasteiger partial charge < -0.3 is 9.84 Å². The number of aromatic nitrogens is 1. The molecule has 2 aromatic carbocycles. The molecule has 1 aromatic heterocycles. The summed E-state index contributed by atoms with van der Waals surface area (Å²) in [6, 6.07) is 12.0. The third-order valence-corrected chi connectivity index (χ3v) is 7.05. The number of pyridine rings is 1. The van der Waals surface area contributed by atoms with Crippen molar-refractivity contribution in [1.82, 2.24) is 9.88 Å². The van der Waals surface area contributed by atoms with E-state index in [9.17, 15) is 18.7 Å². The van der Waals surface area contributed by atoms with Gasteiger partial charge in [0.05, 0.1) is 24.2 Å². The first kappa shape index (κ1) is 24.8. The molecule has 1 N–H and O–H groups in total. The van der Waals surface area contributed by atoms with Crippen LogP contribution in [0.5, 0.6) is 5.75 Å². The summed E-state index contributed by atoms with van der Waals surface area (Å²) in [7, 11) is 1.56. The second kappa shape index (κ2) is 11.0. The molecular formula is C28H30F2N2O3. The van der Waals surface area contributed by atoms with E-state index in [2.05, 4.69) is 9.88 Å². The minimum atomic E-state index is -0.817. The maximum Gasteiger partial charge on any atom is 0.309 e. The Kier molecular flexibility index (Phi) is 7.76. The third kappa shape index (κ3) is 5.68. The molecular weight excluding hydrogens is 450 g/mol. The summed E-state index contributed by atoms with van der Waals surface area (Å²) in [4.78, 5) is 18.6. The second-order valence-corrected chi connectivity index (χ2v) is 9.13. The van der Waals surface area contributed by atoms with Crippen LogP contribution in [-0.2, 0) is 11.2 Å². The molecule has 1 aliphatic heterocycles. The van der Waals surface area contributed by atoms with Gasteiger partial charge in [0.25, 0.3) is 0 Å². The van der Waals surface area contributed by atoms with E-state index in [4.69, 9.17) is 4.74 Å². The summed E-state index contributed by atoms with van der Waals surface area (Å²) >= 11 is 0. The topological polar surface area (TPSA) is 62.7 Å². The number of ether oxygens (including phenoxy) is 1. The molecule has 0 saturated carbocycles. The van der Waals surface area contributed by atoms with Crippen LogP contribution < -0.4 is 4.74 Å². The fourth-order valence-corrected chi connectivity index (χ4v) is 4.86. The van der Waals surface area contributed by atoms with Crippen LogP contribution >= 0.6 is 0 Å². The lowest BCUT2D eigenvalue weighted by Crippen LogP contribution is -2.44. The van der Waals surface area contributed by atoms with Gasteiger partial charge in [0.15, 0.2) is 0 Å². The number of likely N-dealkylation sites (tertiary alicyclic amines) is 1. The van der Waals surface area contributed by atoms with Crippen molar-refractivity contribution in [3.05, 3.63) is 77.5 Å². The van der Waals surface area contributed by atoms with Gasteiger partial charge in [0.2, 0.25) is 0 Å². The maximum atomic E-state index is 14.6. The first-order valence-electron chi connectivity index (χ1n) is 11.9. The number of fused-ring (bicyclic) bond motifs is 1. The van der Waals surface area contributed by atoms with Gasteiger partial charge in [-0.3, -0.25) is 14.7 Å². The molecule has 0 radical (unpaired) electrons. The average molecular weight is 481 g/mol. The summed E-state index contributed by atoms with van der Waals surface area (Å²) in [6.07, 6.45) is 7.44. The number of carboxylic acid groups (broad SMARTS) is 1. The van der Waals surface area contributed by atoms with Crippen LogP contribution in [0.3, 0.4) is 0 Å². The first-order valence-corrected chi connectivity index (χ1v) is 11.9. The summed E-state index contributed by atoms with van der Waals surface area (Å²) in [5, 5.41) is 10.7. The molecule has 1 aliphatic rings. The summed E-state index contributed by atoms with van der Waals surface area (Å²) in [6.45, 7) is 1.94. The third-order valence-electron chi connectivity index (χ3n) is 7.05. The zero-order valence-corrected chi connectivity index (χ0v) is 19.8. The van der Waals surface area contributed by atoms with Gasteiger partial charge in [-0.1, -0.05) is 30.4 Å². The molecule has 0 aliphatic carbocycles. The Morgan fingerprint density at radius 2 is 1.94 bits per heavy atom. The maximum absolute atomic E-state index is 14.6. The van der Waals surface area contributed by atoms with Crippen molar-refractivity contribution < 1.29 is 23.4 Å². The van der Waals surface area contributed by atoms with E-state index in [0.29, 0.717) is 79.5 Å². The molecule has 0 atom stereocenters. The number of methoxy groups -OCH3 is 1. The summed E-state index contributed by atoms with van der Waals surface area (Å²) < 4.78 is 33.7. The standard InChI is InChI=1S/C28H30F2N2O3/c1-35-21-10-11-26-23(18-21)22(25(30)19-31-26)8-4-12-28(27(33)34)13-16-32(17-14-28)15-5-7-20-6-2-3-9-24(20)29/h2-3,5-7,9-11,18-19H,4,8,12-17H2,1H3,(H,33,34)/b7-5+. The van der Waals surface area contributed by atoms with E-state index in [1.165, 1.54) is 12.3 Å². The van der Waals surface area contributed by atoms with Gasteiger partial charge in [-0.05, 0) is 75.0 Å². The van der Waals surface area contributed by atoms with Crippen LogP contribution in [0.4, 0.5) is 8.78 Å². The van der Waals surface area contributed by atoms with Gasteiger partial charge in [-0.2, -0.15) is 0 Å². The molecule has 184 valence electrons. The molecule has 1 fully saturated rings. The highest BCUT2D eigenvalue weighted by molar-refractivity contribution is 5.83. The molecule has 1 saturated heterocycles. The number of carboxylic acids is 1. The van der Waals surface area contributed by atoms with E-state index in [0.717, 1.165) is 0 Å². The largest absolute Gasteiger partial charge is 0.497 e. The predicted octanol–water partition coefficient (Wildman–Crippen LogP) is 5.72. The molecule has 4 rings (SSSR count). The Bertz CT molecular complexity index is 1220. The van der Waals surface area contributed by atoms with Gasteiger partial charge >= 0.3 is 5.97 Å². The molecule has 2 heterocycles. The van der Waals surface area contributed by atoms with Crippen LogP contribution in [0.15, 0.2) is 54.7 Å². The molecule has 7 heteroatoms. The SMILES string of the molecule is COc1ccc2ncc(F)c(CCCC3(C(=O)O)CCN(C/C=C/c4ccccc4F)CC3)c2c1. The van der Waals surface area contributed by atoms with E-state index >= 15 is 0 Å². The Balaban J connectivity index is 1.37. The predicted molar refractivity (Wildman–Crippen MR) is 132 cm³/mol. The average Bonchev–Trinajstić information content (AvgIpc) is 2.87. The lowest BCUT2D eigenvalue weighted by Gasteiger charge is -2.38. The minimum absolute atomic E-state index is 0.260. The highest BCUT2D eigenvalue weighted by Crippen LogP contribution is 2.37. The molecule has 0 spiro atoms. The molecule has 35 heavy (non-hydrogen) atoms. The monoisotopic (exact) mass is 480 g/mol. The van der Waals surface area contributed by atoms with Crippen molar-refractivity contribution in [2.24, 2.45) is 5.41 Å². The second-order valence-electron chi connectivity index (χ2n) is 9.13. The Morgan fingerprint density at radius 3 is 2.66 bits per heavy atom. The normalized spacial score (nSPS) is 16.1. The Morgan fingerprint density at radius 1 is 1.17 bits per heavy atom. The van der Waals surface area contributed by atoms with Gasteiger partial charge in [-0.25, -0.2) is 8.78 Å². The fourth-order valence-electron chi connectivity index (χ4n) is 4.86. The van der Waals surface area contributed by atoms with Crippen LogP contribution in [0.2, 0.25) is 0 Å². The number of benzene rings is 2. The number of aryl methyl sites for hydroxylation is 1. The number of aliphatic carboxylic acids is 1. The molecule has 0 unspecified atom stereocenters. The van der Waals surface area contributed by atoms with Crippen molar-refractivity contribution in [3.63, 3.8) is 0 Å². The van der Waals surface area contributed by atoms with Crippen LogP contribution in [-0.4, -0.2) is 47.7 Å². The van der Waals surface area contributed by atoms with E-state index in [-0.39, 0.29) is 11.6 Å². The van der Waals surface area contributed by atoms with Crippen LogP contribution in [0, 0.1) is 17.0 Å². The van der Waals surface area contributed by atoms with Crippen molar-refractivity contribution >= 4 is 22.9 Å². The molecule has 5 nitrogen and oxygen atoms in total. The number of rotatable bonds is 9. The zero-order valence-electron chi connectivity index (χ0n) is 19.8. The minimum Gasteiger partial charge on any atom is -0.497 e. The fraction of sp³-hybridized carbons (Fsp3) is 0.357. The summed E-state index contributed by atoms with van der Waals surface area (Å²) in [5.74, 6) is -0.805. The number of carbonyl (C=O) groups is 1. The number of halogens is 2. The highest BCUT2D eigenvalue weighted by atomic mass is 19.1. The number of nitrogens with zero attached hydrogens (tertiary/aromatic N) is 2. The van der Waals surface area contributed by atoms with Crippen molar-refractivity contribution in [3.8, 4) is 5.75 Å². The van der Waals surface area contributed by atoms with E-state index in [1.54, 1.807) is 49.6 Å². The molecule has 0 bridgehead atoms. The van der Waals surface area contributed by atoms with E-state index < -0.39 is 11.4 Å². The van der Waals surface area contributed by atoms with Crippen molar-refractivity contribution in [1.29, 1.82) is 0 Å². The smallest absolute Gasteiger partial charge is 0.309 e. The van der Waals surface area contributed by atoms with E-state index in [1.807, 2.05) is 6.08 Å². The summed E-state index contributed by atoms with van der Waals surface area (Å²) in [5.41, 5.74) is 0.956. The van der Waals surface area contributed by atoms with Gasteiger partial charge in [-0.15, -0.1) is 0 Å². The first-order chi connectivity index (χ1) is 16.9. The lowest BCUT2D eigenvalue weighted by molar-refractivity contribution is -0.152. The zero-order chi connectivity index (χ0) is 24.8. The number of hydrogen-bond donors (Lipinski definition) is 1. The lowest BCUT2D eigenvalue weighted by atomic mass is 9.74. The quantitative estimate of drug-likeness (QED) is 0.424. The van der Waals surface area contributed by atoms with Crippen molar-refractivity contribution in [2.45, 2.75) is 32.1 Å². The molecule has 0 amide bonds. The van der Waals surface area contributed by atoms with Crippen LogP contribution in [0.1, 0.15) is 36.8 Å². The number of piperidine rings is 1. The van der Waals surface area contributed by atoms with Gasteiger partial charge in [0, 0.05) is 17.5 Å². The number of hydrogen-bond acceptors (Lipinski definition) is 4. The Hall–Kier alpha value is -3.32. The van der Waals surface area contributed by atoms with Gasteiger partial charge in [0.1, 0.15) is 17.4 Å². The molecule has 3 aromatic rings.